The molecular formula is C14H10BrClN2O. The van der Waals surface area contributed by atoms with E-state index < -0.39 is 0 Å². The Bertz CT molecular complexity index is 793. The molecule has 2 aromatic carbocycles. The molecule has 0 aliphatic rings. The fourth-order valence-electron chi connectivity index (χ4n) is 2.06. The van der Waals surface area contributed by atoms with Gasteiger partial charge in [0, 0.05) is 4.47 Å². The van der Waals surface area contributed by atoms with Crippen molar-refractivity contribution in [2.75, 3.05) is 0 Å². The minimum Gasteiger partial charge on any atom is -0.306 e. The molecule has 1 aromatic heterocycles. The fourth-order valence-corrected chi connectivity index (χ4v) is 2.75. The van der Waals surface area contributed by atoms with Gasteiger partial charge in [-0.05, 0) is 35.4 Å². The number of rotatable bonds is 2. The van der Waals surface area contributed by atoms with Crippen LogP contribution in [0.2, 0.25) is 0 Å². The van der Waals surface area contributed by atoms with Gasteiger partial charge in [0.25, 0.3) is 0 Å². The zero-order valence-corrected chi connectivity index (χ0v) is 12.1. The van der Waals surface area contributed by atoms with E-state index in [0.29, 0.717) is 0 Å². The summed E-state index contributed by atoms with van der Waals surface area (Å²) in [7, 11) is 0. The molecular weight excluding hydrogens is 328 g/mol. The first-order chi connectivity index (χ1) is 9.13. The van der Waals surface area contributed by atoms with Gasteiger partial charge in [-0.25, -0.2) is 4.79 Å². The number of benzene rings is 2. The highest BCUT2D eigenvalue weighted by molar-refractivity contribution is 9.10. The SMILES string of the molecule is O=c1[nH]c2ccc(C(Cl)c3cccc(Br)c3)cc2[nH]1. The van der Waals surface area contributed by atoms with Crippen LogP contribution < -0.4 is 5.69 Å². The average molecular weight is 338 g/mol. The molecule has 0 aliphatic heterocycles. The number of alkyl halides is 1. The summed E-state index contributed by atoms with van der Waals surface area (Å²) in [4.78, 5) is 16.7. The van der Waals surface area contributed by atoms with Crippen molar-refractivity contribution in [3.63, 3.8) is 0 Å². The highest BCUT2D eigenvalue weighted by atomic mass is 79.9. The van der Waals surface area contributed by atoms with Crippen LogP contribution in [0.4, 0.5) is 0 Å². The van der Waals surface area contributed by atoms with Crippen molar-refractivity contribution in [1.82, 2.24) is 9.97 Å². The van der Waals surface area contributed by atoms with Crippen molar-refractivity contribution in [3.8, 4) is 0 Å². The summed E-state index contributed by atoms with van der Waals surface area (Å²) in [5.74, 6) is 0. The maximum absolute atomic E-state index is 11.2. The van der Waals surface area contributed by atoms with Gasteiger partial charge in [-0.1, -0.05) is 34.1 Å². The average Bonchev–Trinajstić information content (AvgIpc) is 2.76. The van der Waals surface area contributed by atoms with E-state index in [9.17, 15) is 4.79 Å². The van der Waals surface area contributed by atoms with Crippen molar-refractivity contribution in [1.29, 1.82) is 0 Å². The number of imidazole rings is 1. The van der Waals surface area contributed by atoms with Gasteiger partial charge >= 0.3 is 5.69 Å². The molecule has 0 saturated carbocycles. The zero-order valence-electron chi connectivity index (χ0n) is 9.78. The van der Waals surface area contributed by atoms with Crippen LogP contribution in [0.1, 0.15) is 16.5 Å². The number of hydrogen-bond acceptors (Lipinski definition) is 1. The van der Waals surface area contributed by atoms with E-state index in [2.05, 4.69) is 25.9 Å². The van der Waals surface area contributed by atoms with Crippen molar-refractivity contribution in [2.45, 2.75) is 5.38 Å². The third-order valence-electron chi connectivity index (χ3n) is 2.97. The van der Waals surface area contributed by atoms with Gasteiger partial charge in [0.1, 0.15) is 0 Å². The van der Waals surface area contributed by atoms with Crippen LogP contribution in [-0.2, 0) is 0 Å². The highest BCUT2D eigenvalue weighted by Crippen LogP contribution is 2.31. The molecule has 5 heteroatoms. The topological polar surface area (TPSA) is 48.6 Å². The number of H-pyrrole nitrogens is 2. The minimum absolute atomic E-state index is 0.208. The maximum atomic E-state index is 11.2. The number of fused-ring (bicyclic) bond motifs is 1. The Labute approximate surface area is 122 Å². The molecule has 19 heavy (non-hydrogen) atoms. The lowest BCUT2D eigenvalue weighted by molar-refractivity contribution is 1.14. The van der Waals surface area contributed by atoms with E-state index in [1.165, 1.54) is 0 Å². The molecule has 96 valence electrons. The number of hydrogen-bond donors (Lipinski definition) is 2. The van der Waals surface area contributed by atoms with Gasteiger partial charge in [0.05, 0.1) is 16.4 Å². The standard InChI is InChI=1S/C14H10BrClN2O/c15-10-3-1-2-8(6-10)13(16)9-4-5-11-12(7-9)18-14(19)17-11/h1-7,13H,(H2,17,18,19). The number of nitrogens with one attached hydrogen (secondary N) is 2. The Balaban J connectivity index is 2.05. The van der Waals surface area contributed by atoms with Crippen molar-refractivity contribution in [3.05, 3.63) is 68.5 Å². The summed E-state index contributed by atoms with van der Waals surface area (Å²) in [5, 5.41) is -0.250. The fraction of sp³-hybridized carbons (Fsp3) is 0.0714. The van der Waals surface area contributed by atoms with E-state index >= 15 is 0 Å². The first kappa shape index (κ1) is 12.5. The zero-order chi connectivity index (χ0) is 13.4. The van der Waals surface area contributed by atoms with Gasteiger partial charge in [-0.15, -0.1) is 11.6 Å². The highest BCUT2D eigenvalue weighted by Gasteiger charge is 2.12. The van der Waals surface area contributed by atoms with Gasteiger partial charge in [-0.3, -0.25) is 0 Å². The van der Waals surface area contributed by atoms with Crippen LogP contribution in [0.15, 0.2) is 51.7 Å². The molecule has 3 nitrogen and oxygen atoms in total. The molecule has 0 spiro atoms. The third-order valence-corrected chi connectivity index (χ3v) is 3.97. The van der Waals surface area contributed by atoms with Gasteiger partial charge in [-0.2, -0.15) is 0 Å². The van der Waals surface area contributed by atoms with Crippen molar-refractivity contribution >= 4 is 38.6 Å². The van der Waals surface area contributed by atoms with Crippen LogP contribution in [0.3, 0.4) is 0 Å². The molecule has 3 rings (SSSR count). The molecule has 0 amide bonds. The van der Waals surface area contributed by atoms with Gasteiger partial charge < -0.3 is 9.97 Å². The molecule has 1 heterocycles. The second-order valence-corrected chi connectivity index (χ2v) is 5.65. The quantitative estimate of drug-likeness (QED) is 0.684. The molecule has 0 saturated heterocycles. The predicted octanol–water partition coefficient (Wildman–Crippen LogP) is 3.95. The Morgan fingerprint density at radius 1 is 1.00 bits per heavy atom. The predicted molar refractivity (Wildman–Crippen MR) is 80.8 cm³/mol. The van der Waals surface area contributed by atoms with Crippen molar-refractivity contribution in [2.24, 2.45) is 0 Å². The molecule has 0 radical (unpaired) electrons. The Morgan fingerprint density at radius 3 is 2.53 bits per heavy atom. The molecule has 0 aliphatic carbocycles. The van der Waals surface area contributed by atoms with E-state index in [-0.39, 0.29) is 11.1 Å². The first-order valence-electron chi connectivity index (χ1n) is 5.75. The molecule has 2 N–H and O–H groups in total. The summed E-state index contributed by atoms with van der Waals surface area (Å²) in [6.07, 6.45) is 0. The van der Waals surface area contributed by atoms with E-state index in [0.717, 1.165) is 26.6 Å². The van der Waals surface area contributed by atoms with Crippen LogP contribution >= 0.6 is 27.5 Å². The summed E-state index contributed by atoms with van der Waals surface area (Å²) in [6, 6.07) is 13.5. The third kappa shape index (κ3) is 2.46. The van der Waals surface area contributed by atoms with Crippen LogP contribution in [0.5, 0.6) is 0 Å². The molecule has 0 fully saturated rings. The monoisotopic (exact) mass is 336 g/mol. The number of aromatic nitrogens is 2. The van der Waals surface area contributed by atoms with E-state index in [1.807, 2.05) is 42.5 Å². The Morgan fingerprint density at radius 2 is 1.74 bits per heavy atom. The van der Waals surface area contributed by atoms with Crippen LogP contribution in [0, 0.1) is 0 Å². The van der Waals surface area contributed by atoms with E-state index in [4.69, 9.17) is 11.6 Å². The summed E-state index contributed by atoms with van der Waals surface area (Å²) in [5.41, 5.74) is 3.30. The largest absolute Gasteiger partial charge is 0.323 e. The summed E-state index contributed by atoms with van der Waals surface area (Å²) >= 11 is 9.92. The Hall–Kier alpha value is -1.52. The molecule has 1 unspecified atom stereocenters. The van der Waals surface area contributed by atoms with Crippen LogP contribution in [-0.4, -0.2) is 9.97 Å². The first-order valence-corrected chi connectivity index (χ1v) is 6.98. The van der Waals surface area contributed by atoms with Crippen molar-refractivity contribution < 1.29 is 0 Å². The van der Waals surface area contributed by atoms with E-state index in [1.54, 1.807) is 0 Å². The molecule has 1 atom stereocenters. The summed E-state index contributed by atoms with van der Waals surface area (Å²) < 4.78 is 0.992. The second-order valence-electron chi connectivity index (χ2n) is 4.30. The number of aromatic amines is 2. The number of halogens is 2. The smallest absolute Gasteiger partial charge is 0.306 e. The summed E-state index contributed by atoms with van der Waals surface area (Å²) in [6.45, 7) is 0. The second kappa shape index (κ2) is 4.87. The van der Waals surface area contributed by atoms with Gasteiger partial charge in [0.15, 0.2) is 0 Å². The normalized spacial score (nSPS) is 12.7. The minimum atomic E-state index is -0.250. The van der Waals surface area contributed by atoms with Gasteiger partial charge in [0.2, 0.25) is 0 Å². The maximum Gasteiger partial charge on any atom is 0.323 e. The van der Waals surface area contributed by atoms with Crippen LogP contribution in [0.25, 0.3) is 11.0 Å². The lowest BCUT2D eigenvalue weighted by Crippen LogP contribution is -1.99. The molecule has 3 aromatic rings. The molecule has 0 bridgehead atoms. The lowest BCUT2D eigenvalue weighted by Gasteiger charge is -2.10. The Kier molecular flexibility index (Phi) is 3.21. The lowest BCUT2D eigenvalue weighted by atomic mass is 10.0.